The number of para-hydroxylation sites is 1. The van der Waals surface area contributed by atoms with Crippen LogP contribution in [0.25, 0.3) is 11.0 Å². The Morgan fingerprint density at radius 2 is 2.10 bits per heavy atom. The number of furan rings is 1. The Morgan fingerprint density at radius 3 is 2.86 bits per heavy atom. The van der Waals surface area contributed by atoms with Gasteiger partial charge in [0.15, 0.2) is 0 Å². The number of amides is 1. The Kier molecular flexibility index (Phi) is 5.08. The van der Waals surface area contributed by atoms with Crippen molar-refractivity contribution in [1.82, 2.24) is 14.9 Å². The molecule has 0 aliphatic carbocycles. The minimum Gasteiger partial charge on any atom is -0.496 e. The Labute approximate surface area is 169 Å². The number of methoxy groups -OCH3 is 1. The van der Waals surface area contributed by atoms with Crippen molar-refractivity contribution in [3.05, 3.63) is 83.6 Å². The highest BCUT2D eigenvalue weighted by molar-refractivity contribution is 5.88. The second kappa shape index (κ2) is 7.83. The highest BCUT2D eigenvalue weighted by Gasteiger charge is 2.24. The van der Waals surface area contributed by atoms with Crippen LogP contribution < -0.4 is 10.1 Å². The fourth-order valence-electron chi connectivity index (χ4n) is 3.55. The van der Waals surface area contributed by atoms with Crippen LogP contribution in [0, 0.1) is 6.92 Å². The summed E-state index contributed by atoms with van der Waals surface area (Å²) in [5, 5.41) is 4.08. The van der Waals surface area contributed by atoms with Crippen molar-refractivity contribution in [3.8, 4) is 5.75 Å². The molecule has 6 nitrogen and oxygen atoms in total. The van der Waals surface area contributed by atoms with Gasteiger partial charge in [-0.2, -0.15) is 0 Å². The Bertz CT molecular complexity index is 1160. The van der Waals surface area contributed by atoms with E-state index >= 15 is 0 Å². The molecule has 1 atom stereocenters. The SMILES string of the molecule is COc1ccccc1C(NC(=O)Cc1coc2cc(C)ccc12)c1nccn1C. The summed E-state index contributed by atoms with van der Waals surface area (Å²) in [6.45, 7) is 2.01. The number of aromatic nitrogens is 2. The first-order chi connectivity index (χ1) is 14.1. The Balaban J connectivity index is 1.63. The average Bonchev–Trinajstić information content (AvgIpc) is 3.32. The van der Waals surface area contributed by atoms with Gasteiger partial charge in [0.2, 0.25) is 5.91 Å². The number of ether oxygens (including phenoxy) is 1. The number of aryl methyl sites for hydroxylation is 2. The molecule has 0 aliphatic heterocycles. The number of hydrogen-bond donors (Lipinski definition) is 1. The number of rotatable bonds is 6. The van der Waals surface area contributed by atoms with Crippen LogP contribution in [0.4, 0.5) is 0 Å². The van der Waals surface area contributed by atoms with E-state index in [9.17, 15) is 4.79 Å². The van der Waals surface area contributed by atoms with E-state index in [0.29, 0.717) is 5.75 Å². The molecule has 6 heteroatoms. The summed E-state index contributed by atoms with van der Waals surface area (Å²) in [6, 6.07) is 13.2. The summed E-state index contributed by atoms with van der Waals surface area (Å²) < 4.78 is 13.0. The van der Waals surface area contributed by atoms with Gasteiger partial charge >= 0.3 is 0 Å². The third kappa shape index (κ3) is 3.74. The fourth-order valence-corrected chi connectivity index (χ4v) is 3.55. The summed E-state index contributed by atoms with van der Waals surface area (Å²) in [5.74, 6) is 1.31. The standard InChI is InChI=1S/C23H23N3O3/c1-15-8-9-17-16(14-29-20(17)12-15)13-21(27)25-22(23-24-10-11-26(23)2)18-6-4-5-7-19(18)28-3/h4-12,14,22H,13H2,1-3H3,(H,25,27). The number of nitrogens with one attached hydrogen (secondary N) is 1. The molecule has 0 radical (unpaired) electrons. The van der Waals surface area contributed by atoms with Gasteiger partial charge in [-0.3, -0.25) is 4.79 Å². The normalized spacial score (nSPS) is 12.1. The van der Waals surface area contributed by atoms with E-state index < -0.39 is 6.04 Å². The van der Waals surface area contributed by atoms with Crippen molar-refractivity contribution in [2.24, 2.45) is 7.05 Å². The molecule has 4 rings (SSSR count). The topological polar surface area (TPSA) is 69.3 Å². The van der Waals surface area contributed by atoms with Gasteiger partial charge in [0.25, 0.3) is 0 Å². The van der Waals surface area contributed by atoms with E-state index in [2.05, 4.69) is 10.3 Å². The van der Waals surface area contributed by atoms with Gasteiger partial charge in [-0.15, -0.1) is 0 Å². The number of benzene rings is 2. The molecule has 1 unspecified atom stereocenters. The first kappa shape index (κ1) is 18.8. The quantitative estimate of drug-likeness (QED) is 0.542. The molecule has 2 aromatic heterocycles. The van der Waals surface area contributed by atoms with Crippen LogP contribution in [-0.2, 0) is 18.3 Å². The maximum Gasteiger partial charge on any atom is 0.225 e. The van der Waals surface area contributed by atoms with Crippen LogP contribution in [-0.4, -0.2) is 22.6 Å². The van der Waals surface area contributed by atoms with E-state index in [1.165, 1.54) is 0 Å². The molecule has 4 aromatic rings. The first-order valence-corrected chi connectivity index (χ1v) is 9.43. The molecule has 2 heterocycles. The molecule has 0 aliphatic rings. The number of carbonyl (C=O) groups is 1. The van der Waals surface area contributed by atoms with E-state index in [-0.39, 0.29) is 12.3 Å². The zero-order chi connectivity index (χ0) is 20.4. The van der Waals surface area contributed by atoms with Gasteiger partial charge in [0.05, 0.1) is 19.8 Å². The van der Waals surface area contributed by atoms with E-state index in [1.54, 1.807) is 19.6 Å². The van der Waals surface area contributed by atoms with Crippen molar-refractivity contribution < 1.29 is 13.9 Å². The second-order valence-electron chi connectivity index (χ2n) is 7.08. The molecule has 2 aromatic carbocycles. The third-order valence-electron chi connectivity index (χ3n) is 5.03. The number of nitrogens with zero attached hydrogens (tertiary/aromatic N) is 2. The number of carbonyl (C=O) groups excluding carboxylic acids is 1. The molecule has 0 spiro atoms. The zero-order valence-corrected chi connectivity index (χ0v) is 16.7. The van der Waals surface area contributed by atoms with Crippen LogP contribution in [0.15, 0.2) is 65.5 Å². The molecule has 0 saturated heterocycles. The van der Waals surface area contributed by atoms with Crippen molar-refractivity contribution in [2.45, 2.75) is 19.4 Å². The average molecular weight is 389 g/mol. The van der Waals surface area contributed by atoms with Crippen molar-refractivity contribution in [3.63, 3.8) is 0 Å². The lowest BCUT2D eigenvalue weighted by Gasteiger charge is -2.21. The van der Waals surface area contributed by atoms with E-state index in [0.717, 1.165) is 33.5 Å². The van der Waals surface area contributed by atoms with Crippen molar-refractivity contribution in [2.75, 3.05) is 7.11 Å². The monoisotopic (exact) mass is 389 g/mol. The van der Waals surface area contributed by atoms with Gasteiger partial charge in [-0.05, 0) is 24.6 Å². The van der Waals surface area contributed by atoms with Crippen molar-refractivity contribution >= 4 is 16.9 Å². The number of fused-ring (bicyclic) bond motifs is 1. The Hall–Kier alpha value is -3.54. The molecular weight excluding hydrogens is 366 g/mol. The van der Waals surface area contributed by atoms with Crippen LogP contribution >= 0.6 is 0 Å². The molecule has 29 heavy (non-hydrogen) atoms. The smallest absolute Gasteiger partial charge is 0.225 e. The first-order valence-electron chi connectivity index (χ1n) is 9.43. The predicted octanol–water partition coefficient (Wildman–Crippen LogP) is 3.93. The van der Waals surface area contributed by atoms with Gasteiger partial charge in [-0.25, -0.2) is 4.98 Å². The third-order valence-corrected chi connectivity index (χ3v) is 5.03. The molecule has 0 bridgehead atoms. The van der Waals surface area contributed by atoms with Gasteiger partial charge in [-0.1, -0.05) is 30.3 Å². The van der Waals surface area contributed by atoms with Crippen LogP contribution in [0.1, 0.15) is 28.6 Å². The minimum atomic E-state index is -0.431. The highest BCUT2D eigenvalue weighted by atomic mass is 16.5. The fraction of sp³-hybridized carbons (Fsp3) is 0.217. The minimum absolute atomic E-state index is 0.118. The summed E-state index contributed by atoms with van der Waals surface area (Å²) >= 11 is 0. The Morgan fingerprint density at radius 1 is 1.28 bits per heavy atom. The summed E-state index contributed by atoms with van der Waals surface area (Å²) in [4.78, 5) is 17.4. The van der Waals surface area contributed by atoms with E-state index in [4.69, 9.17) is 9.15 Å². The molecule has 0 saturated carbocycles. The lowest BCUT2D eigenvalue weighted by atomic mass is 10.0. The molecule has 0 fully saturated rings. The maximum absolute atomic E-state index is 13.0. The van der Waals surface area contributed by atoms with Crippen LogP contribution in [0.2, 0.25) is 0 Å². The molecule has 1 amide bonds. The van der Waals surface area contributed by atoms with Crippen LogP contribution in [0.5, 0.6) is 5.75 Å². The number of imidazole rings is 1. The summed E-state index contributed by atoms with van der Waals surface area (Å²) in [6.07, 6.45) is 5.44. The lowest BCUT2D eigenvalue weighted by Crippen LogP contribution is -2.32. The van der Waals surface area contributed by atoms with Crippen LogP contribution in [0.3, 0.4) is 0 Å². The maximum atomic E-state index is 13.0. The lowest BCUT2D eigenvalue weighted by molar-refractivity contribution is -0.121. The highest BCUT2D eigenvalue weighted by Crippen LogP contribution is 2.29. The molecule has 148 valence electrons. The predicted molar refractivity (Wildman–Crippen MR) is 111 cm³/mol. The van der Waals surface area contributed by atoms with E-state index in [1.807, 2.05) is 67.2 Å². The summed E-state index contributed by atoms with van der Waals surface area (Å²) in [5.41, 5.74) is 3.62. The van der Waals surface area contributed by atoms with Crippen molar-refractivity contribution in [1.29, 1.82) is 0 Å². The molecule has 1 N–H and O–H groups in total. The molecular formula is C23H23N3O3. The largest absolute Gasteiger partial charge is 0.496 e. The summed E-state index contributed by atoms with van der Waals surface area (Å²) in [7, 11) is 3.53. The number of hydrogen-bond acceptors (Lipinski definition) is 4. The van der Waals surface area contributed by atoms with Gasteiger partial charge < -0.3 is 19.0 Å². The zero-order valence-electron chi connectivity index (χ0n) is 16.7. The van der Waals surface area contributed by atoms with Gasteiger partial charge in [0, 0.05) is 36.0 Å². The second-order valence-corrected chi connectivity index (χ2v) is 7.08. The van der Waals surface area contributed by atoms with Gasteiger partial charge in [0.1, 0.15) is 23.2 Å².